The lowest BCUT2D eigenvalue weighted by molar-refractivity contribution is -0.385. The average Bonchev–Trinajstić information content (AvgIpc) is 3.34. The molecule has 0 saturated carbocycles. The van der Waals surface area contributed by atoms with E-state index in [1.54, 1.807) is 6.07 Å². The number of nitro groups is 1. The molecule has 0 spiro atoms. The molecule has 1 fully saturated rings. The summed E-state index contributed by atoms with van der Waals surface area (Å²) in [4.78, 5) is 36.5. The van der Waals surface area contributed by atoms with Gasteiger partial charge >= 0.3 is 6.18 Å². The smallest absolute Gasteiger partial charge is 0.417 e. The Kier molecular flexibility index (Phi) is 5.81. The van der Waals surface area contributed by atoms with E-state index in [9.17, 15) is 32.9 Å². The van der Waals surface area contributed by atoms with Gasteiger partial charge in [0.2, 0.25) is 0 Å². The molecule has 11 heteroatoms. The molecule has 3 aromatic rings. The summed E-state index contributed by atoms with van der Waals surface area (Å²) in [6.07, 6.45) is -3.32. The number of amides is 2. The maximum absolute atomic E-state index is 13.3. The molecule has 1 saturated heterocycles. The monoisotopic (exact) mass is 474 g/mol. The van der Waals surface area contributed by atoms with Gasteiger partial charge in [0.05, 0.1) is 21.9 Å². The number of nitrogens with zero attached hydrogens (tertiary/aromatic N) is 2. The van der Waals surface area contributed by atoms with E-state index >= 15 is 0 Å². The number of halogens is 3. The second kappa shape index (κ2) is 8.58. The van der Waals surface area contributed by atoms with Crippen LogP contribution in [-0.2, 0) is 17.5 Å². The molecule has 33 heavy (non-hydrogen) atoms. The normalized spacial score (nSPS) is 15.5. The van der Waals surface area contributed by atoms with Gasteiger partial charge in [0, 0.05) is 23.3 Å². The number of para-hydroxylation sites is 1. The van der Waals surface area contributed by atoms with Crippen LogP contribution in [0.5, 0.6) is 0 Å². The summed E-state index contributed by atoms with van der Waals surface area (Å²) in [6, 6.07) is 13.4. The second-order valence-corrected chi connectivity index (χ2v) is 7.89. The van der Waals surface area contributed by atoms with Gasteiger partial charge in [0.25, 0.3) is 16.8 Å². The Hall–Kier alpha value is -3.86. The van der Waals surface area contributed by atoms with Crippen LogP contribution in [0.15, 0.2) is 70.0 Å². The fraction of sp³-hybridized carbons (Fsp3) is 0.0909. The van der Waals surface area contributed by atoms with Crippen molar-refractivity contribution >= 4 is 34.7 Å². The topological polar surface area (TPSA) is 93.7 Å². The van der Waals surface area contributed by atoms with Gasteiger partial charge in [-0.15, -0.1) is 0 Å². The van der Waals surface area contributed by atoms with Crippen molar-refractivity contribution in [2.75, 3.05) is 0 Å². The number of carbonyl (C=O) groups excluding carboxylic acids is 2. The third-order valence-electron chi connectivity index (χ3n) is 4.79. The highest BCUT2D eigenvalue weighted by Crippen LogP contribution is 2.39. The number of benzene rings is 2. The second-order valence-electron chi connectivity index (χ2n) is 6.90. The first-order valence-electron chi connectivity index (χ1n) is 9.39. The molecule has 0 radical (unpaired) electrons. The van der Waals surface area contributed by atoms with Crippen LogP contribution in [0.1, 0.15) is 16.9 Å². The molecule has 1 aromatic heterocycles. The highest BCUT2D eigenvalue weighted by atomic mass is 32.2. The third-order valence-corrected chi connectivity index (χ3v) is 5.70. The molecular formula is C22H13F3N2O5S. The fourth-order valence-corrected chi connectivity index (χ4v) is 4.10. The molecule has 4 rings (SSSR count). The minimum absolute atomic E-state index is 0.0106. The molecule has 0 atom stereocenters. The van der Waals surface area contributed by atoms with Crippen molar-refractivity contribution in [3.05, 3.63) is 92.6 Å². The molecule has 2 aromatic carbocycles. The number of alkyl halides is 3. The number of hydrogen-bond acceptors (Lipinski definition) is 6. The van der Waals surface area contributed by atoms with Crippen molar-refractivity contribution in [3.63, 3.8) is 0 Å². The van der Waals surface area contributed by atoms with E-state index in [1.807, 2.05) is 0 Å². The Balaban J connectivity index is 1.59. The Labute approximate surface area is 188 Å². The number of furan rings is 1. The summed E-state index contributed by atoms with van der Waals surface area (Å²) < 4.78 is 45.3. The van der Waals surface area contributed by atoms with Crippen molar-refractivity contribution in [3.8, 4) is 11.3 Å². The van der Waals surface area contributed by atoms with Crippen LogP contribution in [0.25, 0.3) is 17.4 Å². The van der Waals surface area contributed by atoms with Gasteiger partial charge in [-0.05, 0) is 30.0 Å². The summed E-state index contributed by atoms with van der Waals surface area (Å²) in [6.45, 7) is -0.290. The molecule has 0 unspecified atom stereocenters. The van der Waals surface area contributed by atoms with Crippen LogP contribution in [0, 0.1) is 10.1 Å². The molecule has 2 heterocycles. The molecule has 0 bridgehead atoms. The quantitative estimate of drug-likeness (QED) is 0.252. The van der Waals surface area contributed by atoms with Gasteiger partial charge in [0.1, 0.15) is 11.5 Å². The zero-order valence-corrected chi connectivity index (χ0v) is 17.4. The Morgan fingerprint density at radius 3 is 2.45 bits per heavy atom. The van der Waals surface area contributed by atoms with E-state index < -0.39 is 27.8 Å². The van der Waals surface area contributed by atoms with Gasteiger partial charge in [0.15, 0.2) is 0 Å². The van der Waals surface area contributed by atoms with Gasteiger partial charge in [-0.1, -0.05) is 36.4 Å². The number of carbonyl (C=O) groups is 2. The van der Waals surface area contributed by atoms with E-state index in [4.69, 9.17) is 4.42 Å². The van der Waals surface area contributed by atoms with Crippen LogP contribution in [0.3, 0.4) is 0 Å². The number of thioether (sulfide) groups is 1. The number of hydrogen-bond donors (Lipinski definition) is 0. The van der Waals surface area contributed by atoms with Crippen LogP contribution >= 0.6 is 11.8 Å². The number of imide groups is 1. The summed E-state index contributed by atoms with van der Waals surface area (Å²) in [7, 11) is 0. The minimum Gasteiger partial charge on any atom is -0.457 e. The fourth-order valence-electron chi connectivity index (χ4n) is 3.28. The van der Waals surface area contributed by atoms with Gasteiger partial charge in [-0.2, -0.15) is 13.2 Å². The summed E-state index contributed by atoms with van der Waals surface area (Å²) >= 11 is 0.611. The summed E-state index contributed by atoms with van der Waals surface area (Å²) in [5.41, 5.74) is -1.06. The van der Waals surface area contributed by atoms with E-state index in [0.717, 1.165) is 11.0 Å². The first-order chi connectivity index (χ1) is 15.6. The Morgan fingerprint density at radius 2 is 1.73 bits per heavy atom. The summed E-state index contributed by atoms with van der Waals surface area (Å²) in [5, 5.41) is 10.6. The molecule has 1 aliphatic rings. The van der Waals surface area contributed by atoms with Gasteiger partial charge in [-0.25, -0.2) is 0 Å². The lowest BCUT2D eigenvalue weighted by atomic mass is 10.1. The van der Waals surface area contributed by atoms with E-state index in [1.165, 1.54) is 54.6 Å². The number of nitro benzene ring substituents is 1. The van der Waals surface area contributed by atoms with E-state index in [-0.39, 0.29) is 39.8 Å². The lowest BCUT2D eigenvalue weighted by Crippen LogP contribution is -2.27. The van der Waals surface area contributed by atoms with Crippen molar-refractivity contribution < 1.29 is 32.1 Å². The maximum Gasteiger partial charge on any atom is 0.417 e. The first kappa shape index (κ1) is 22.3. The largest absolute Gasteiger partial charge is 0.457 e. The molecule has 2 amide bonds. The lowest BCUT2D eigenvalue weighted by Gasteiger charge is -2.12. The third kappa shape index (κ3) is 4.53. The first-order valence-corrected chi connectivity index (χ1v) is 10.2. The molecule has 0 N–H and O–H groups in total. The zero-order chi connectivity index (χ0) is 23.8. The standard InChI is InChI=1S/C22H13F3N2O5S/c23-22(24,25)16-7-3-2-6-15(16)18-10-9-14(32-18)11-19-20(28)26(21(29)33-19)12-13-5-1-4-8-17(13)27(30)31/h1-11H,12H2/b19-11-. The van der Waals surface area contributed by atoms with Crippen LogP contribution in [0.2, 0.25) is 0 Å². The maximum atomic E-state index is 13.3. The molecule has 0 aliphatic carbocycles. The predicted octanol–water partition coefficient (Wildman–Crippen LogP) is 6.11. The van der Waals surface area contributed by atoms with Crippen LogP contribution < -0.4 is 0 Å². The van der Waals surface area contributed by atoms with Crippen LogP contribution in [-0.4, -0.2) is 21.0 Å². The zero-order valence-electron chi connectivity index (χ0n) is 16.5. The van der Waals surface area contributed by atoms with E-state index in [2.05, 4.69) is 0 Å². The Bertz CT molecular complexity index is 1300. The van der Waals surface area contributed by atoms with Crippen LogP contribution in [0.4, 0.5) is 23.7 Å². The highest BCUT2D eigenvalue weighted by Gasteiger charge is 2.37. The number of rotatable bonds is 5. The van der Waals surface area contributed by atoms with Gasteiger partial charge < -0.3 is 4.42 Å². The summed E-state index contributed by atoms with van der Waals surface area (Å²) in [5.74, 6) is -0.650. The SMILES string of the molecule is O=C1S/C(=C\c2ccc(-c3ccccc3C(F)(F)F)o2)C(=O)N1Cc1ccccc1[N+](=O)[O-]. The molecular weight excluding hydrogens is 461 g/mol. The van der Waals surface area contributed by atoms with Gasteiger partial charge in [-0.3, -0.25) is 24.6 Å². The molecule has 1 aliphatic heterocycles. The predicted molar refractivity (Wildman–Crippen MR) is 114 cm³/mol. The highest BCUT2D eigenvalue weighted by molar-refractivity contribution is 8.18. The van der Waals surface area contributed by atoms with Crippen molar-refractivity contribution in [2.45, 2.75) is 12.7 Å². The molecule has 7 nitrogen and oxygen atoms in total. The Morgan fingerprint density at radius 1 is 1.03 bits per heavy atom. The van der Waals surface area contributed by atoms with E-state index in [0.29, 0.717) is 11.8 Å². The van der Waals surface area contributed by atoms with Crippen molar-refractivity contribution in [1.29, 1.82) is 0 Å². The van der Waals surface area contributed by atoms with Crippen molar-refractivity contribution in [1.82, 2.24) is 4.90 Å². The minimum atomic E-state index is -4.58. The van der Waals surface area contributed by atoms with Crippen molar-refractivity contribution in [2.24, 2.45) is 0 Å². The average molecular weight is 474 g/mol. The molecule has 168 valence electrons.